The van der Waals surface area contributed by atoms with Crippen LogP contribution in [0.5, 0.6) is 0 Å². The molecule has 0 aliphatic heterocycles. The second-order valence-corrected chi connectivity index (χ2v) is 5.15. The summed E-state index contributed by atoms with van der Waals surface area (Å²) in [5, 5.41) is 7.63. The number of rotatable bonds is 3. The smallest absolute Gasteiger partial charge is 0.143 e. The van der Waals surface area contributed by atoms with Gasteiger partial charge in [0, 0.05) is 24.1 Å². The molecule has 0 radical (unpaired) electrons. The van der Waals surface area contributed by atoms with E-state index in [0.717, 1.165) is 18.2 Å². The van der Waals surface area contributed by atoms with Crippen LogP contribution in [0.4, 0.5) is 0 Å². The summed E-state index contributed by atoms with van der Waals surface area (Å²) in [6.07, 6.45) is 3.96. The van der Waals surface area contributed by atoms with Crippen molar-refractivity contribution in [3.05, 3.63) is 17.0 Å². The molecule has 0 spiro atoms. The van der Waals surface area contributed by atoms with E-state index in [0.29, 0.717) is 12.0 Å². The molecule has 0 aromatic carbocycles. The van der Waals surface area contributed by atoms with Crippen LogP contribution >= 0.6 is 0 Å². The molecule has 15 heavy (non-hydrogen) atoms. The van der Waals surface area contributed by atoms with Gasteiger partial charge in [-0.05, 0) is 25.2 Å². The summed E-state index contributed by atoms with van der Waals surface area (Å²) in [5.74, 6) is 2.64. The first-order valence-electron chi connectivity index (χ1n) is 5.97. The van der Waals surface area contributed by atoms with Gasteiger partial charge in [0.25, 0.3) is 0 Å². The Hall–Kier alpha value is -0.830. The van der Waals surface area contributed by atoms with Crippen LogP contribution in [0.15, 0.2) is 4.52 Å². The second kappa shape index (κ2) is 3.34. The van der Waals surface area contributed by atoms with Crippen LogP contribution < -0.4 is 5.32 Å². The summed E-state index contributed by atoms with van der Waals surface area (Å²) in [6, 6.07) is 0.510. The van der Waals surface area contributed by atoms with Gasteiger partial charge in [-0.3, -0.25) is 0 Å². The van der Waals surface area contributed by atoms with Gasteiger partial charge in [0.05, 0.1) is 0 Å². The Labute approximate surface area is 90.2 Å². The van der Waals surface area contributed by atoms with Crippen LogP contribution in [-0.2, 0) is 6.54 Å². The molecule has 2 unspecified atom stereocenters. The van der Waals surface area contributed by atoms with Crippen molar-refractivity contribution >= 4 is 0 Å². The van der Waals surface area contributed by atoms with Crippen LogP contribution in [0.25, 0.3) is 0 Å². The molecule has 1 N–H and O–H groups in total. The molecule has 2 aliphatic carbocycles. The topological polar surface area (TPSA) is 38.1 Å². The number of nitrogens with one attached hydrogen (secondary N) is 1. The zero-order valence-electron chi connectivity index (χ0n) is 9.42. The van der Waals surface area contributed by atoms with Gasteiger partial charge >= 0.3 is 0 Å². The van der Waals surface area contributed by atoms with E-state index < -0.39 is 0 Å². The average Bonchev–Trinajstić information content (AvgIpc) is 2.87. The zero-order chi connectivity index (χ0) is 10.4. The summed E-state index contributed by atoms with van der Waals surface area (Å²) in [7, 11) is 0. The van der Waals surface area contributed by atoms with Gasteiger partial charge in [-0.2, -0.15) is 0 Å². The fourth-order valence-corrected chi connectivity index (χ4v) is 2.99. The molecule has 2 atom stereocenters. The van der Waals surface area contributed by atoms with Crippen LogP contribution in [0.3, 0.4) is 0 Å². The molecule has 1 aromatic heterocycles. The van der Waals surface area contributed by atoms with E-state index in [1.54, 1.807) is 0 Å². The summed E-state index contributed by atoms with van der Waals surface area (Å²) in [4.78, 5) is 0. The standard InChI is InChI=1S/C12H18N2O/c1-7(2)13-6-10-11-8-3-4-9(5-8)12(11)15-14-10/h7-9,13H,3-6H2,1-2H3. The molecule has 82 valence electrons. The molecule has 1 fully saturated rings. The Bertz CT molecular complexity index is 370. The highest BCUT2D eigenvalue weighted by Gasteiger charge is 2.42. The molecular weight excluding hydrogens is 188 g/mol. The number of nitrogens with zero attached hydrogens (tertiary/aromatic N) is 1. The predicted octanol–water partition coefficient (Wildman–Crippen LogP) is 2.54. The van der Waals surface area contributed by atoms with Crippen molar-refractivity contribution < 1.29 is 4.52 Å². The molecule has 0 saturated heterocycles. The molecule has 3 rings (SSSR count). The normalized spacial score (nSPS) is 27.7. The number of hydrogen-bond donors (Lipinski definition) is 1. The molecule has 2 bridgehead atoms. The highest BCUT2D eigenvalue weighted by molar-refractivity contribution is 5.37. The van der Waals surface area contributed by atoms with Crippen LogP contribution in [-0.4, -0.2) is 11.2 Å². The van der Waals surface area contributed by atoms with E-state index in [2.05, 4.69) is 24.3 Å². The second-order valence-electron chi connectivity index (χ2n) is 5.15. The maximum Gasteiger partial charge on any atom is 0.143 e. The fourth-order valence-electron chi connectivity index (χ4n) is 2.99. The predicted molar refractivity (Wildman–Crippen MR) is 57.8 cm³/mol. The Kier molecular flexibility index (Phi) is 2.09. The first-order chi connectivity index (χ1) is 7.25. The molecule has 2 aliphatic rings. The largest absolute Gasteiger partial charge is 0.360 e. The van der Waals surface area contributed by atoms with Crippen molar-refractivity contribution in [1.82, 2.24) is 10.5 Å². The van der Waals surface area contributed by atoms with Crippen molar-refractivity contribution in [1.29, 1.82) is 0 Å². The molecule has 3 heteroatoms. The number of fused-ring (bicyclic) bond motifs is 5. The number of aromatic nitrogens is 1. The summed E-state index contributed by atoms with van der Waals surface area (Å²) in [5.41, 5.74) is 2.60. The summed E-state index contributed by atoms with van der Waals surface area (Å²) in [6.45, 7) is 5.18. The van der Waals surface area contributed by atoms with Gasteiger partial charge < -0.3 is 9.84 Å². The SMILES string of the molecule is CC(C)NCc1noc2c1C1CCC2C1. The minimum Gasteiger partial charge on any atom is -0.360 e. The van der Waals surface area contributed by atoms with E-state index in [1.807, 2.05) is 0 Å². The van der Waals surface area contributed by atoms with Crippen molar-refractivity contribution in [3.8, 4) is 0 Å². The van der Waals surface area contributed by atoms with Crippen LogP contribution in [0.1, 0.15) is 62.0 Å². The molecule has 1 aromatic rings. The fraction of sp³-hybridized carbons (Fsp3) is 0.750. The third-order valence-electron chi connectivity index (χ3n) is 3.72. The summed E-state index contributed by atoms with van der Waals surface area (Å²) >= 11 is 0. The lowest BCUT2D eigenvalue weighted by atomic mass is 9.96. The van der Waals surface area contributed by atoms with Crippen molar-refractivity contribution in [2.75, 3.05) is 0 Å². The molecule has 0 amide bonds. The van der Waals surface area contributed by atoms with Crippen molar-refractivity contribution in [2.24, 2.45) is 0 Å². The van der Waals surface area contributed by atoms with Gasteiger partial charge in [0.15, 0.2) is 0 Å². The Morgan fingerprint density at radius 3 is 3.00 bits per heavy atom. The molecular formula is C12H18N2O. The van der Waals surface area contributed by atoms with Crippen molar-refractivity contribution in [3.63, 3.8) is 0 Å². The van der Waals surface area contributed by atoms with Gasteiger partial charge in [-0.1, -0.05) is 19.0 Å². The minimum atomic E-state index is 0.510. The maximum absolute atomic E-state index is 5.48. The van der Waals surface area contributed by atoms with E-state index in [-0.39, 0.29) is 0 Å². The van der Waals surface area contributed by atoms with Gasteiger partial charge in [-0.15, -0.1) is 0 Å². The van der Waals surface area contributed by atoms with Gasteiger partial charge in [0.2, 0.25) is 0 Å². The van der Waals surface area contributed by atoms with E-state index in [1.165, 1.54) is 30.6 Å². The van der Waals surface area contributed by atoms with Crippen molar-refractivity contribution in [2.45, 2.75) is 57.5 Å². The van der Waals surface area contributed by atoms with Gasteiger partial charge in [0.1, 0.15) is 11.5 Å². The monoisotopic (exact) mass is 206 g/mol. The molecule has 3 nitrogen and oxygen atoms in total. The van der Waals surface area contributed by atoms with Crippen LogP contribution in [0, 0.1) is 0 Å². The third-order valence-corrected chi connectivity index (χ3v) is 3.72. The molecule has 1 saturated carbocycles. The highest BCUT2D eigenvalue weighted by Crippen LogP contribution is 2.54. The highest BCUT2D eigenvalue weighted by atomic mass is 16.5. The quantitative estimate of drug-likeness (QED) is 0.825. The Morgan fingerprint density at radius 1 is 1.40 bits per heavy atom. The Morgan fingerprint density at radius 2 is 2.20 bits per heavy atom. The average molecular weight is 206 g/mol. The van der Waals surface area contributed by atoms with E-state index in [4.69, 9.17) is 4.52 Å². The van der Waals surface area contributed by atoms with E-state index >= 15 is 0 Å². The zero-order valence-corrected chi connectivity index (χ0v) is 9.42. The molecule has 1 heterocycles. The third kappa shape index (κ3) is 1.41. The Balaban J connectivity index is 1.83. The van der Waals surface area contributed by atoms with Gasteiger partial charge in [-0.25, -0.2) is 0 Å². The number of hydrogen-bond acceptors (Lipinski definition) is 3. The lowest BCUT2D eigenvalue weighted by Gasteiger charge is -2.10. The first-order valence-corrected chi connectivity index (χ1v) is 5.97. The first kappa shape index (κ1) is 9.40. The minimum absolute atomic E-state index is 0.510. The lowest BCUT2D eigenvalue weighted by Crippen LogP contribution is -2.22. The lowest BCUT2D eigenvalue weighted by molar-refractivity contribution is 0.356. The summed E-state index contributed by atoms with van der Waals surface area (Å²) < 4.78 is 5.48. The van der Waals surface area contributed by atoms with Crippen LogP contribution in [0.2, 0.25) is 0 Å². The van der Waals surface area contributed by atoms with E-state index in [9.17, 15) is 0 Å². The maximum atomic E-state index is 5.48.